The molecule has 1 aromatic heterocycles. The average molecular weight is 244 g/mol. The standard InChI is InChI=1S/C13H16N4O/c1-9-3-2-4-10(5-9)12(6-14)17-8-11(7-16-17)13(15)18/h2-5,7-8,12H,6,14H2,1H3,(H2,15,18). The fourth-order valence-electron chi connectivity index (χ4n) is 1.91. The molecule has 5 heteroatoms. The quantitative estimate of drug-likeness (QED) is 0.835. The van der Waals surface area contributed by atoms with Crippen molar-refractivity contribution in [3.63, 3.8) is 0 Å². The second kappa shape index (κ2) is 5.01. The predicted molar refractivity (Wildman–Crippen MR) is 69.1 cm³/mol. The summed E-state index contributed by atoms with van der Waals surface area (Å²) in [6, 6.07) is 7.97. The first-order chi connectivity index (χ1) is 8.61. The summed E-state index contributed by atoms with van der Waals surface area (Å²) in [6.07, 6.45) is 3.09. The Labute approximate surface area is 105 Å². The third kappa shape index (κ3) is 2.41. The lowest BCUT2D eigenvalue weighted by atomic mass is 10.0. The van der Waals surface area contributed by atoms with Gasteiger partial charge in [-0.15, -0.1) is 0 Å². The first kappa shape index (κ1) is 12.3. The van der Waals surface area contributed by atoms with Gasteiger partial charge >= 0.3 is 0 Å². The van der Waals surface area contributed by atoms with Crippen molar-refractivity contribution < 1.29 is 4.79 Å². The van der Waals surface area contributed by atoms with Crippen molar-refractivity contribution in [2.45, 2.75) is 13.0 Å². The summed E-state index contributed by atoms with van der Waals surface area (Å²) in [5.41, 5.74) is 13.6. The molecule has 1 aromatic carbocycles. The molecule has 0 aliphatic carbocycles. The molecule has 0 bridgehead atoms. The molecule has 1 amide bonds. The van der Waals surface area contributed by atoms with Crippen LogP contribution in [0, 0.1) is 6.92 Å². The van der Waals surface area contributed by atoms with Crippen LogP contribution in [0.25, 0.3) is 0 Å². The van der Waals surface area contributed by atoms with Crippen molar-refractivity contribution in [1.82, 2.24) is 9.78 Å². The Morgan fingerprint density at radius 3 is 2.83 bits per heavy atom. The van der Waals surface area contributed by atoms with Crippen LogP contribution in [0.1, 0.15) is 27.5 Å². The molecule has 4 N–H and O–H groups in total. The highest BCUT2D eigenvalue weighted by Gasteiger charge is 2.14. The van der Waals surface area contributed by atoms with Crippen LogP contribution in [-0.2, 0) is 0 Å². The van der Waals surface area contributed by atoms with Crippen molar-refractivity contribution in [3.05, 3.63) is 53.3 Å². The number of carbonyl (C=O) groups is 1. The molecule has 0 saturated heterocycles. The van der Waals surface area contributed by atoms with E-state index in [1.807, 2.05) is 25.1 Å². The Balaban J connectivity index is 2.35. The van der Waals surface area contributed by atoms with Crippen LogP contribution < -0.4 is 11.5 Å². The molecule has 2 aromatic rings. The Morgan fingerprint density at radius 1 is 1.50 bits per heavy atom. The third-order valence-corrected chi connectivity index (χ3v) is 2.86. The minimum Gasteiger partial charge on any atom is -0.366 e. The van der Waals surface area contributed by atoms with Crippen molar-refractivity contribution in [3.8, 4) is 0 Å². The first-order valence-electron chi connectivity index (χ1n) is 5.72. The number of aromatic nitrogens is 2. The maximum Gasteiger partial charge on any atom is 0.251 e. The number of rotatable bonds is 4. The maximum absolute atomic E-state index is 11.1. The number of carbonyl (C=O) groups excluding carboxylic acids is 1. The van der Waals surface area contributed by atoms with Gasteiger partial charge in [0.1, 0.15) is 0 Å². The SMILES string of the molecule is Cc1cccc(C(CN)n2cc(C(N)=O)cn2)c1. The predicted octanol–water partition coefficient (Wildman–Crippen LogP) is 0.839. The fraction of sp³-hybridized carbons (Fsp3) is 0.231. The summed E-state index contributed by atoms with van der Waals surface area (Å²) in [4.78, 5) is 11.1. The second-order valence-electron chi connectivity index (χ2n) is 4.24. The summed E-state index contributed by atoms with van der Waals surface area (Å²) in [5.74, 6) is -0.485. The fourth-order valence-corrected chi connectivity index (χ4v) is 1.91. The van der Waals surface area contributed by atoms with Crippen molar-refractivity contribution in [1.29, 1.82) is 0 Å². The normalized spacial score (nSPS) is 12.3. The Hall–Kier alpha value is -2.14. The summed E-state index contributed by atoms with van der Waals surface area (Å²) < 4.78 is 1.68. The van der Waals surface area contributed by atoms with Crippen LogP contribution in [0.15, 0.2) is 36.7 Å². The van der Waals surface area contributed by atoms with Crippen molar-refractivity contribution >= 4 is 5.91 Å². The number of aryl methyl sites for hydroxylation is 1. The van der Waals surface area contributed by atoms with Crippen LogP contribution >= 0.6 is 0 Å². The zero-order valence-electron chi connectivity index (χ0n) is 10.2. The van der Waals surface area contributed by atoms with Crippen LogP contribution in [0.3, 0.4) is 0 Å². The summed E-state index contributed by atoms with van der Waals surface area (Å²) in [7, 11) is 0. The molecule has 0 saturated carbocycles. The average Bonchev–Trinajstić information content (AvgIpc) is 2.80. The van der Waals surface area contributed by atoms with Gasteiger partial charge in [0.05, 0.1) is 17.8 Å². The highest BCUT2D eigenvalue weighted by molar-refractivity contribution is 5.92. The highest BCUT2D eigenvalue weighted by atomic mass is 16.1. The Morgan fingerprint density at radius 2 is 2.28 bits per heavy atom. The molecule has 1 heterocycles. The summed E-state index contributed by atoms with van der Waals surface area (Å²) in [5, 5.41) is 4.15. The topological polar surface area (TPSA) is 86.9 Å². The van der Waals surface area contributed by atoms with Gasteiger partial charge in [-0.25, -0.2) is 0 Å². The number of hydrogen-bond acceptors (Lipinski definition) is 3. The van der Waals surface area contributed by atoms with Gasteiger partial charge in [0.25, 0.3) is 5.91 Å². The highest BCUT2D eigenvalue weighted by Crippen LogP contribution is 2.18. The van der Waals surface area contributed by atoms with Gasteiger partial charge in [-0.2, -0.15) is 5.10 Å². The Bertz CT molecular complexity index is 562. The maximum atomic E-state index is 11.1. The van der Waals surface area contributed by atoms with Gasteiger partial charge in [0.15, 0.2) is 0 Å². The van der Waals surface area contributed by atoms with E-state index < -0.39 is 5.91 Å². The van der Waals surface area contributed by atoms with E-state index in [0.29, 0.717) is 12.1 Å². The molecule has 1 atom stereocenters. The minimum atomic E-state index is -0.485. The van der Waals surface area contributed by atoms with E-state index in [1.54, 1.807) is 10.9 Å². The largest absolute Gasteiger partial charge is 0.366 e. The molecule has 0 spiro atoms. The molecule has 5 nitrogen and oxygen atoms in total. The van der Waals surface area contributed by atoms with E-state index in [9.17, 15) is 4.79 Å². The molecule has 18 heavy (non-hydrogen) atoms. The smallest absolute Gasteiger partial charge is 0.251 e. The lowest BCUT2D eigenvalue weighted by Crippen LogP contribution is -2.21. The van der Waals surface area contributed by atoms with Crippen molar-refractivity contribution in [2.24, 2.45) is 11.5 Å². The minimum absolute atomic E-state index is 0.0852. The molecule has 0 fully saturated rings. The number of nitrogens with zero attached hydrogens (tertiary/aromatic N) is 2. The summed E-state index contributed by atoms with van der Waals surface area (Å²) in [6.45, 7) is 2.43. The first-order valence-corrected chi connectivity index (χ1v) is 5.72. The number of primary amides is 1. The lowest BCUT2D eigenvalue weighted by molar-refractivity contribution is 0.1000. The lowest BCUT2D eigenvalue weighted by Gasteiger charge is -2.16. The van der Waals surface area contributed by atoms with Crippen molar-refractivity contribution in [2.75, 3.05) is 6.54 Å². The Kier molecular flexibility index (Phi) is 3.43. The van der Waals surface area contributed by atoms with E-state index in [4.69, 9.17) is 11.5 Å². The van der Waals surface area contributed by atoms with Gasteiger partial charge in [-0.3, -0.25) is 9.48 Å². The monoisotopic (exact) mass is 244 g/mol. The van der Waals surface area contributed by atoms with Crippen LogP contribution in [0.5, 0.6) is 0 Å². The zero-order valence-corrected chi connectivity index (χ0v) is 10.2. The van der Waals surface area contributed by atoms with Gasteiger partial charge in [-0.05, 0) is 12.5 Å². The number of nitrogens with two attached hydrogens (primary N) is 2. The second-order valence-corrected chi connectivity index (χ2v) is 4.24. The van der Waals surface area contributed by atoms with Crippen LogP contribution in [0.2, 0.25) is 0 Å². The van der Waals surface area contributed by atoms with E-state index in [0.717, 1.165) is 11.1 Å². The van der Waals surface area contributed by atoms with E-state index in [2.05, 4.69) is 11.2 Å². The molecular weight excluding hydrogens is 228 g/mol. The molecular formula is C13H16N4O. The molecule has 0 aliphatic heterocycles. The van der Waals surface area contributed by atoms with E-state index in [1.165, 1.54) is 6.20 Å². The van der Waals surface area contributed by atoms with Gasteiger partial charge in [0, 0.05) is 12.7 Å². The number of amides is 1. The molecule has 0 radical (unpaired) electrons. The molecule has 94 valence electrons. The molecule has 2 rings (SSSR count). The third-order valence-electron chi connectivity index (χ3n) is 2.86. The summed E-state index contributed by atoms with van der Waals surface area (Å²) >= 11 is 0. The molecule has 1 unspecified atom stereocenters. The van der Waals surface area contributed by atoms with Crippen LogP contribution in [-0.4, -0.2) is 22.2 Å². The zero-order chi connectivity index (χ0) is 13.1. The molecule has 0 aliphatic rings. The van der Waals surface area contributed by atoms with Gasteiger partial charge in [-0.1, -0.05) is 29.8 Å². The number of hydrogen-bond donors (Lipinski definition) is 2. The van der Waals surface area contributed by atoms with E-state index in [-0.39, 0.29) is 6.04 Å². The number of benzene rings is 1. The van der Waals surface area contributed by atoms with Gasteiger partial charge < -0.3 is 11.5 Å². The van der Waals surface area contributed by atoms with Crippen LogP contribution in [0.4, 0.5) is 0 Å². The van der Waals surface area contributed by atoms with Gasteiger partial charge in [0.2, 0.25) is 0 Å². The van der Waals surface area contributed by atoms with E-state index >= 15 is 0 Å².